The van der Waals surface area contributed by atoms with Crippen LogP contribution in [0.4, 0.5) is 0 Å². The number of hydrogen-bond acceptors (Lipinski definition) is 1. The second-order valence-corrected chi connectivity index (χ2v) is 5.92. The van der Waals surface area contributed by atoms with E-state index in [1.165, 1.54) is 32.1 Å². The highest BCUT2D eigenvalue weighted by molar-refractivity contribution is 6.17. The average molecular weight is 274 g/mol. The number of carbonyl (C=O) groups excluding carboxylic acids is 1. The number of halogens is 1. The molecule has 1 aliphatic carbocycles. The third kappa shape index (κ3) is 6.08. The molecule has 1 N–H and O–H groups in total. The molecule has 0 heterocycles. The summed E-state index contributed by atoms with van der Waals surface area (Å²) in [6.07, 6.45) is 10.6. The Labute approximate surface area is 117 Å². The molecular weight excluding hydrogens is 246 g/mol. The number of hydrogen-bond donors (Lipinski definition) is 1. The summed E-state index contributed by atoms with van der Waals surface area (Å²) in [5.74, 6) is 1.78. The summed E-state index contributed by atoms with van der Waals surface area (Å²) in [5, 5.41) is 3.14. The molecule has 0 aromatic rings. The van der Waals surface area contributed by atoms with Gasteiger partial charge in [-0.3, -0.25) is 4.79 Å². The molecule has 1 saturated carbocycles. The lowest BCUT2D eigenvalue weighted by atomic mass is 9.90. The van der Waals surface area contributed by atoms with Crippen molar-refractivity contribution in [3.63, 3.8) is 0 Å². The van der Waals surface area contributed by atoms with Gasteiger partial charge >= 0.3 is 0 Å². The third-order valence-electron chi connectivity index (χ3n) is 4.14. The first-order valence-electron chi connectivity index (χ1n) is 7.61. The molecule has 0 bridgehead atoms. The van der Waals surface area contributed by atoms with E-state index in [0.29, 0.717) is 11.8 Å². The minimum absolute atomic E-state index is 0.263. The Kier molecular flexibility index (Phi) is 8.49. The van der Waals surface area contributed by atoms with Gasteiger partial charge in [0.1, 0.15) is 0 Å². The normalized spacial score (nSPS) is 19.9. The van der Waals surface area contributed by atoms with E-state index in [2.05, 4.69) is 12.2 Å². The average Bonchev–Trinajstić information content (AvgIpc) is 2.33. The fraction of sp³-hybridized carbons (Fsp3) is 0.933. The van der Waals surface area contributed by atoms with Crippen LogP contribution in [0.3, 0.4) is 0 Å². The molecule has 1 rings (SSSR count). The fourth-order valence-electron chi connectivity index (χ4n) is 2.71. The molecule has 18 heavy (non-hydrogen) atoms. The summed E-state index contributed by atoms with van der Waals surface area (Å²) in [7, 11) is 0. The van der Waals surface area contributed by atoms with Crippen LogP contribution < -0.4 is 5.32 Å². The van der Waals surface area contributed by atoms with Crippen LogP contribution in [0.5, 0.6) is 0 Å². The molecule has 0 radical (unpaired) electrons. The highest BCUT2D eigenvalue weighted by atomic mass is 35.5. The van der Waals surface area contributed by atoms with Gasteiger partial charge in [0.2, 0.25) is 5.91 Å². The van der Waals surface area contributed by atoms with Crippen molar-refractivity contribution in [1.82, 2.24) is 5.32 Å². The van der Waals surface area contributed by atoms with Crippen LogP contribution in [0, 0.1) is 11.8 Å². The van der Waals surface area contributed by atoms with E-state index in [9.17, 15) is 4.79 Å². The van der Waals surface area contributed by atoms with Gasteiger partial charge < -0.3 is 5.32 Å². The maximum absolute atomic E-state index is 12.1. The van der Waals surface area contributed by atoms with Crippen molar-refractivity contribution in [1.29, 1.82) is 0 Å². The van der Waals surface area contributed by atoms with Crippen molar-refractivity contribution < 1.29 is 4.79 Å². The smallest absolute Gasteiger partial charge is 0.223 e. The summed E-state index contributed by atoms with van der Waals surface area (Å²) >= 11 is 5.77. The molecule has 0 aromatic heterocycles. The predicted octanol–water partition coefficient (Wildman–Crippen LogP) is 4.12. The van der Waals surface area contributed by atoms with E-state index in [1.54, 1.807) is 0 Å². The van der Waals surface area contributed by atoms with Crippen LogP contribution >= 0.6 is 11.6 Å². The quantitative estimate of drug-likeness (QED) is 0.725. The van der Waals surface area contributed by atoms with Gasteiger partial charge in [0.05, 0.1) is 0 Å². The van der Waals surface area contributed by atoms with Gasteiger partial charge in [0.15, 0.2) is 0 Å². The Bertz CT molecular complexity index is 225. The molecular formula is C15H28ClNO. The Morgan fingerprint density at radius 2 is 1.83 bits per heavy atom. The highest BCUT2D eigenvalue weighted by Crippen LogP contribution is 2.22. The molecule has 106 valence electrons. The Morgan fingerprint density at radius 1 is 1.22 bits per heavy atom. The number of amides is 1. The zero-order valence-corrected chi connectivity index (χ0v) is 12.5. The maximum Gasteiger partial charge on any atom is 0.223 e. The van der Waals surface area contributed by atoms with E-state index in [0.717, 1.165) is 32.2 Å². The SMILES string of the molecule is CCC(CCCl)CNC(=O)C1CCCCCCC1. The molecule has 1 unspecified atom stereocenters. The van der Waals surface area contributed by atoms with Crippen molar-refractivity contribution in [2.24, 2.45) is 11.8 Å². The molecule has 1 fully saturated rings. The minimum Gasteiger partial charge on any atom is -0.356 e. The van der Waals surface area contributed by atoms with Gasteiger partial charge in [-0.2, -0.15) is 0 Å². The Hall–Kier alpha value is -0.240. The minimum atomic E-state index is 0.263. The van der Waals surface area contributed by atoms with Gasteiger partial charge in [-0.1, -0.05) is 45.4 Å². The molecule has 1 aliphatic rings. The summed E-state index contributed by atoms with van der Waals surface area (Å²) in [4.78, 5) is 12.1. The van der Waals surface area contributed by atoms with E-state index < -0.39 is 0 Å². The van der Waals surface area contributed by atoms with Crippen molar-refractivity contribution in [3.05, 3.63) is 0 Å². The molecule has 2 nitrogen and oxygen atoms in total. The summed E-state index contributed by atoms with van der Waals surface area (Å²) in [5.41, 5.74) is 0. The molecule has 1 amide bonds. The zero-order valence-electron chi connectivity index (χ0n) is 11.7. The van der Waals surface area contributed by atoms with Crippen molar-refractivity contribution in [3.8, 4) is 0 Å². The van der Waals surface area contributed by atoms with Crippen molar-refractivity contribution in [2.45, 2.75) is 64.7 Å². The second kappa shape index (κ2) is 9.66. The Balaban J connectivity index is 2.28. The lowest BCUT2D eigenvalue weighted by Gasteiger charge is -2.21. The van der Waals surface area contributed by atoms with Gasteiger partial charge in [-0.15, -0.1) is 11.6 Å². The molecule has 0 spiro atoms. The van der Waals surface area contributed by atoms with Crippen LogP contribution in [-0.2, 0) is 4.79 Å². The number of nitrogens with one attached hydrogen (secondary N) is 1. The second-order valence-electron chi connectivity index (χ2n) is 5.54. The van der Waals surface area contributed by atoms with Gasteiger partial charge in [-0.25, -0.2) is 0 Å². The molecule has 0 aromatic carbocycles. The van der Waals surface area contributed by atoms with Crippen LogP contribution in [0.15, 0.2) is 0 Å². The topological polar surface area (TPSA) is 29.1 Å². The zero-order chi connectivity index (χ0) is 13.2. The standard InChI is InChI=1S/C15H28ClNO/c1-2-13(10-11-16)12-17-15(18)14-8-6-4-3-5-7-9-14/h13-14H,2-12H2,1H3,(H,17,18). The molecule has 3 heteroatoms. The number of carbonyl (C=O) groups is 1. The summed E-state index contributed by atoms with van der Waals surface area (Å²) in [6, 6.07) is 0. The summed E-state index contributed by atoms with van der Waals surface area (Å²) in [6.45, 7) is 2.97. The summed E-state index contributed by atoms with van der Waals surface area (Å²) < 4.78 is 0. The van der Waals surface area contributed by atoms with Crippen LogP contribution in [0.1, 0.15) is 64.7 Å². The Morgan fingerprint density at radius 3 is 2.39 bits per heavy atom. The third-order valence-corrected chi connectivity index (χ3v) is 4.35. The van der Waals surface area contributed by atoms with Crippen LogP contribution in [-0.4, -0.2) is 18.3 Å². The van der Waals surface area contributed by atoms with E-state index in [1.807, 2.05) is 0 Å². The first-order chi connectivity index (χ1) is 8.77. The predicted molar refractivity (Wildman–Crippen MR) is 77.9 cm³/mol. The van der Waals surface area contributed by atoms with Gasteiger partial charge in [-0.05, 0) is 25.2 Å². The van der Waals surface area contributed by atoms with E-state index >= 15 is 0 Å². The first-order valence-corrected chi connectivity index (χ1v) is 8.15. The lowest BCUT2D eigenvalue weighted by molar-refractivity contribution is -0.125. The number of rotatable bonds is 6. The fourth-order valence-corrected chi connectivity index (χ4v) is 3.02. The van der Waals surface area contributed by atoms with E-state index in [-0.39, 0.29) is 11.8 Å². The van der Waals surface area contributed by atoms with Crippen molar-refractivity contribution >= 4 is 17.5 Å². The molecule has 0 saturated heterocycles. The van der Waals surface area contributed by atoms with Crippen LogP contribution in [0.2, 0.25) is 0 Å². The largest absolute Gasteiger partial charge is 0.356 e. The van der Waals surface area contributed by atoms with E-state index in [4.69, 9.17) is 11.6 Å². The van der Waals surface area contributed by atoms with Crippen molar-refractivity contribution in [2.75, 3.05) is 12.4 Å². The van der Waals surface area contributed by atoms with Gasteiger partial charge in [0.25, 0.3) is 0 Å². The lowest BCUT2D eigenvalue weighted by Crippen LogP contribution is -2.34. The molecule has 1 atom stereocenters. The highest BCUT2D eigenvalue weighted by Gasteiger charge is 2.19. The maximum atomic E-state index is 12.1. The first kappa shape index (κ1) is 15.8. The molecule has 0 aliphatic heterocycles. The van der Waals surface area contributed by atoms with Gasteiger partial charge in [0, 0.05) is 18.3 Å². The monoisotopic (exact) mass is 273 g/mol. The van der Waals surface area contributed by atoms with Crippen LogP contribution in [0.25, 0.3) is 0 Å². The number of alkyl halides is 1.